The van der Waals surface area contributed by atoms with Gasteiger partial charge in [0.15, 0.2) is 0 Å². The fraction of sp³-hybridized carbons (Fsp3) is 0.619. The molecule has 1 saturated carbocycles. The molecule has 0 saturated heterocycles. The molecule has 23 heavy (non-hydrogen) atoms. The lowest BCUT2D eigenvalue weighted by atomic mass is 9.85. The number of nitrogens with two attached hydrogens (primary N) is 1. The third kappa shape index (κ3) is 8.22. The lowest BCUT2D eigenvalue weighted by Crippen LogP contribution is -2.34. The maximum atomic E-state index is 9.46. The first-order valence-corrected chi connectivity index (χ1v) is 8.85. The summed E-state index contributed by atoms with van der Waals surface area (Å²) in [7, 11) is 0. The molecule has 0 aliphatic heterocycles. The molecular formula is C21H35NO. The van der Waals surface area contributed by atoms with Gasteiger partial charge in [0.1, 0.15) is 5.76 Å². The first-order chi connectivity index (χ1) is 10.7. The molecule has 1 fully saturated rings. The van der Waals surface area contributed by atoms with Crippen molar-refractivity contribution in [3.05, 3.63) is 48.2 Å². The molecule has 1 aromatic rings. The number of hydrogen-bond donors (Lipinski definition) is 2. The third-order valence-electron chi connectivity index (χ3n) is 4.21. The number of rotatable bonds is 5. The average Bonchev–Trinajstić information content (AvgIpc) is 2.92. The molecule has 130 valence electrons. The van der Waals surface area contributed by atoms with E-state index in [0.29, 0.717) is 17.3 Å². The van der Waals surface area contributed by atoms with Gasteiger partial charge in [0.25, 0.3) is 0 Å². The molecule has 0 aromatic heterocycles. The van der Waals surface area contributed by atoms with Crippen LogP contribution in [0.1, 0.15) is 58.9 Å². The minimum absolute atomic E-state index is 0.145. The van der Waals surface area contributed by atoms with E-state index in [2.05, 4.69) is 58.5 Å². The zero-order chi connectivity index (χ0) is 17.5. The topological polar surface area (TPSA) is 46.2 Å². The molecule has 3 N–H and O–H groups in total. The van der Waals surface area contributed by atoms with E-state index in [0.717, 1.165) is 19.3 Å². The third-order valence-corrected chi connectivity index (χ3v) is 4.21. The van der Waals surface area contributed by atoms with Crippen molar-refractivity contribution in [1.82, 2.24) is 0 Å². The molecule has 1 aliphatic carbocycles. The lowest BCUT2D eigenvalue weighted by Gasteiger charge is -2.25. The van der Waals surface area contributed by atoms with E-state index < -0.39 is 0 Å². The number of aryl methyl sites for hydroxylation is 1. The van der Waals surface area contributed by atoms with E-state index in [1.165, 1.54) is 18.4 Å². The predicted octanol–water partition coefficient (Wildman–Crippen LogP) is 5.49. The predicted molar refractivity (Wildman–Crippen MR) is 100 cm³/mol. The van der Waals surface area contributed by atoms with Gasteiger partial charge in [-0.1, -0.05) is 77.4 Å². The molecule has 3 unspecified atom stereocenters. The second-order valence-corrected chi connectivity index (χ2v) is 8.40. The van der Waals surface area contributed by atoms with Crippen LogP contribution in [0.4, 0.5) is 0 Å². The fourth-order valence-corrected chi connectivity index (χ4v) is 3.14. The summed E-state index contributed by atoms with van der Waals surface area (Å²) in [4.78, 5) is 0. The minimum atomic E-state index is -0.242. The quantitative estimate of drug-likeness (QED) is 0.706. The van der Waals surface area contributed by atoms with Crippen LogP contribution in [0.25, 0.3) is 0 Å². The van der Waals surface area contributed by atoms with Gasteiger partial charge in [-0.15, -0.1) is 0 Å². The van der Waals surface area contributed by atoms with Gasteiger partial charge < -0.3 is 10.8 Å². The molecule has 1 aromatic carbocycles. The van der Waals surface area contributed by atoms with Crippen LogP contribution in [-0.4, -0.2) is 11.1 Å². The Balaban J connectivity index is 0.000000463. The van der Waals surface area contributed by atoms with Crippen LogP contribution in [0.3, 0.4) is 0 Å². The normalized spacial score (nSPS) is 22.1. The summed E-state index contributed by atoms with van der Waals surface area (Å²) in [6.07, 6.45) is 5.85. The van der Waals surface area contributed by atoms with Crippen molar-refractivity contribution in [2.45, 2.75) is 65.8 Å². The van der Waals surface area contributed by atoms with E-state index in [-0.39, 0.29) is 11.8 Å². The van der Waals surface area contributed by atoms with Gasteiger partial charge in [-0.25, -0.2) is 0 Å². The monoisotopic (exact) mass is 317 g/mol. The number of benzene rings is 1. The summed E-state index contributed by atoms with van der Waals surface area (Å²) in [6.45, 7) is 12.3. The average molecular weight is 318 g/mol. The molecule has 2 rings (SSSR count). The van der Waals surface area contributed by atoms with Gasteiger partial charge in [0.2, 0.25) is 0 Å². The molecule has 0 radical (unpaired) electrons. The van der Waals surface area contributed by atoms with E-state index in [1.807, 2.05) is 6.07 Å². The Hall–Kier alpha value is -1.28. The Bertz CT molecular complexity index is 454. The van der Waals surface area contributed by atoms with Crippen LogP contribution in [0, 0.1) is 17.3 Å². The standard InChI is InChI=1S/C16H23NO.C5H12/c1-12(18)16(17)15-9-5-8-14(15)11-10-13-6-3-2-4-7-13;1-5(2,3)4/h2-4,6-7,14-16,18H,1,5,8-11,17H2;1-4H3. The highest BCUT2D eigenvalue weighted by Gasteiger charge is 2.32. The molecule has 0 amide bonds. The largest absolute Gasteiger partial charge is 0.511 e. The Morgan fingerprint density at radius 1 is 1.22 bits per heavy atom. The van der Waals surface area contributed by atoms with Crippen molar-refractivity contribution in [3.63, 3.8) is 0 Å². The molecule has 1 aliphatic rings. The summed E-state index contributed by atoms with van der Waals surface area (Å²) in [5, 5.41) is 9.46. The lowest BCUT2D eigenvalue weighted by molar-refractivity contribution is 0.266. The Morgan fingerprint density at radius 2 is 1.78 bits per heavy atom. The molecule has 2 heteroatoms. The van der Waals surface area contributed by atoms with Crippen molar-refractivity contribution < 1.29 is 5.11 Å². The molecular weight excluding hydrogens is 282 g/mol. The highest BCUT2D eigenvalue weighted by molar-refractivity contribution is 5.15. The Morgan fingerprint density at radius 3 is 2.30 bits per heavy atom. The maximum Gasteiger partial charge on any atom is 0.102 e. The van der Waals surface area contributed by atoms with Crippen molar-refractivity contribution in [2.75, 3.05) is 0 Å². The van der Waals surface area contributed by atoms with Gasteiger partial charge in [0, 0.05) is 0 Å². The van der Waals surface area contributed by atoms with Gasteiger partial charge in [-0.05, 0) is 42.1 Å². The SMILES string of the molecule is C=C(O)C(N)C1CCCC1CCc1ccccc1.CC(C)(C)C. The van der Waals surface area contributed by atoms with Crippen LogP contribution in [-0.2, 0) is 6.42 Å². The van der Waals surface area contributed by atoms with Crippen molar-refractivity contribution >= 4 is 0 Å². The van der Waals surface area contributed by atoms with E-state index >= 15 is 0 Å². The van der Waals surface area contributed by atoms with Crippen LogP contribution in [0.2, 0.25) is 0 Å². The Labute approximate surface area is 142 Å². The van der Waals surface area contributed by atoms with E-state index in [4.69, 9.17) is 5.73 Å². The second kappa shape index (κ2) is 9.12. The molecule has 2 nitrogen and oxygen atoms in total. The van der Waals surface area contributed by atoms with Crippen LogP contribution >= 0.6 is 0 Å². The maximum absolute atomic E-state index is 9.46. The van der Waals surface area contributed by atoms with E-state index in [9.17, 15) is 5.11 Å². The zero-order valence-electron chi connectivity index (χ0n) is 15.4. The summed E-state index contributed by atoms with van der Waals surface area (Å²) in [5.41, 5.74) is 7.92. The number of hydrogen-bond acceptors (Lipinski definition) is 2. The molecule has 3 atom stereocenters. The van der Waals surface area contributed by atoms with Crippen LogP contribution in [0.15, 0.2) is 42.7 Å². The second-order valence-electron chi connectivity index (χ2n) is 8.40. The smallest absolute Gasteiger partial charge is 0.102 e. The van der Waals surface area contributed by atoms with Gasteiger partial charge >= 0.3 is 0 Å². The fourth-order valence-electron chi connectivity index (χ4n) is 3.14. The van der Waals surface area contributed by atoms with Gasteiger partial charge in [-0.2, -0.15) is 0 Å². The van der Waals surface area contributed by atoms with E-state index in [1.54, 1.807) is 0 Å². The first-order valence-electron chi connectivity index (χ1n) is 8.85. The number of aliphatic hydroxyl groups excluding tert-OH is 1. The summed E-state index contributed by atoms with van der Waals surface area (Å²) in [5.74, 6) is 1.18. The highest BCUT2D eigenvalue weighted by Crippen LogP contribution is 2.37. The minimum Gasteiger partial charge on any atom is -0.511 e. The zero-order valence-corrected chi connectivity index (χ0v) is 15.4. The van der Waals surface area contributed by atoms with Gasteiger partial charge in [0.05, 0.1) is 6.04 Å². The molecule has 0 spiro atoms. The first kappa shape index (κ1) is 19.8. The summed E-state index contributed by atoms with van der Waals surface area (Å²) < 4.78 is 0. The summed E-state index contributed by atoms with van der Waals surface area (Å²) in [6, 6.07) is 10.3. The van der Waals surface area contributed by atoms with Gasteiger partial charge in [-0.3, -0.25) is 0 Å². The Kier molecular flexibility index (Phi) is 7.84. The number of aliphatic hydroxyl groups is 1. The molecule has 0 heterocycles. The highest BCUT2D eigenvalue weighted by atomic mass is 16.3. The summed E-state index contributed by atoms with van der Waals surface area (Å²) >= 11 is 0. The molecule has 0 bridgehead atoms. The van der Waals surface area contributed by atoms with Crippen LogP contribution < -0.4 is 5.73 Å². The van der Waals surface area contributed by atoms with Crippen molar-refractivity contribution in [3.8, 4) is 0 Å². The van der Waals surface area contributed by atoms with Crippen LogP contribution in [0.5, 0.6) is 0 Å². The van der Waals surface area contributed by atoms with Crippen molar-refractivity contribution in [2.24, 2.45) is 23.0 Å². The van der Waals surface area contributed by atoms with Crippen molar-refractivity contribution in [1.29, 1.82) is 0 Å².